The number of methoxy groups -OCH3 is 1. The molecule has 122 valence electrons. The number of fused-ring (bicyclic) bond motifs is 1. The average molecular weight is 332 g/mol. The average Bonchev–Trinajstić information content (AvgIpc) is 2.53. The number of nitrogens with one attached hydrogen (secondary N) is 1. The smallest absolute Gasteiger partial charge is 0.145 e. The summed E-state index contributed by atoms with van der Waals surface area (Å²) in [7, 11) is -0.844. The van der Waals surface area contributed by atoms with Gasteiger partial charge in [0.1, 0.15) is 23.4 Å². The van der Waals surface area contributed by atoms with Gasteiger partial charge >= 0.3 is 0 Å². The summed E-state index contributed by atoms with van der Waals surface area (Å²) in [6.07, 6.45) is 5.92. The van der Waals surface area contributed by atoms with Crippen molar-refractivity contribution in [3.05, 3.63) is 36.2 Å². The molecule has 0 fully saturated rings. The maximum Gasteiger partial charge on any atom is 0.145 e. The summed E-state index contributed by atoms with van der Waals surface area (Å²) in [5, 5.41) is 0.962. The fourth-order valence-corrected chi connectivity index (χ4v) is 3.82. The Kier molecular flexibility index (Phi) is 4.21. The fraction of sp³-hybridized carbons (Fsp3) is 0.375. The zero-order valence-corrected chi connectivity index (χ0v) is 14.1. The first-order valence-electron chi connectivity index (χ1n) is 7.40. The largest absolute Gasteiger partial charge is 0.494 e. The molecule has 0 saturated heterocycles. The third-order valence-electron chi connectivity index (χ3n) is 3.89. The second-order valence-electron chi connectivity index (χ2n) is 5.76. The summed E-state index contributed by atoms with van der Waals surface area (Å²) in [5.41, 5.74) is 1.90. The summed E-state index contributed by atoms with van der Waals surface area (Å²) in [6.45, 7) is 1.50. The molecule has 2 heterocycles. The molecule has 1 atom stereocenters. The molecule has 6 nitrogen and oxygen atoms in total. The van der Waals surface area contributed by atoms with Gasteiger partial charge in [-0.15, -0.1) is 0 Å². The van der Waals surface area contributed by atoms with Gasteiger partial charge in [-0.25, -0.2) is 14.2 Å². The van der Waals surface area contributed by atoms with Gasteiger partial charge in [-0.05, 0) is 18.6 Å². The Morgan fingerprint density at radius 2 is 2.22 bits per heavy atom. The van der Waals surface area contributed by atoms with Crippen LogP contribution in [-0.4, -0.2) is 46.4 Å². The van der Waals surface area contributed by atoms with E-state index in [4.69, 9.17) is 9.52 Å². The van der Waals surface area contributed by atoms with Crippen molar-refractivity contribution in [1.82, 2.24) is 9.97 Å². The lowest BCUT2D eigenvalue weighted by molar-refractivity contribution is 0.419. The van der Waals surface area contributed by atoms with E-state index < -0.39 is 9.73 Å². The van der Waals surface area contributed by atoms with Crippen molar-refractivity contribution in [3.63, 3.8) is 0 Å². The minimum Gasteiger partial charge on any atom is -0.494 e. The molecule has 1 N–H and O–H groups in total. The van der Waals surface area contributed by atoms with E-state index in [1.807, 2.05) is 18.2 Å². The highest BCUT2D eigenvalue weighted by Crippen LogP contribution is 2.30. The van der Waals surface area contributed by atoms with E-state index in [0.717, 1.165) is 41.0 Å². The number of hydrogen-bond acceptors (Lipinski definition) is 6. The summed E-state index contributed by atoms with van der Waals surface area (Å²) >= 11 is 0. The molecule has 2 aromatic rings. The van der Waals surface area contributed by atoms with E-state index in [1.165, 1.54) is 6.26 Å². The molecule has 23 heavy (non-hydrogen) atoms. The highest BCUT2D eigenvalue weighted by molar-refractivity contribution is 7.91. The number of rotatable bonds is 4. The molecule has 0 aliphatic carbocycles. The highest BCUT2D eigenvalue weighted by atomic mass is 32.2. The molecular weight excluding hydrogens is 312 g/mol. The Hall–Kier alpha value is -2.15. The van der Waals surface area contributed by atoms with Crippen molar-refractivity contribution in [3.8, 4) is 5.75 Å². The predicted molar refractivity (Wildman–Crippen MR) is 92.7 cm³/mol. The van der Waals surface area contributed by atoms with Gasteiger partial charge in [-0.1, -0.05) is 17.7 Å². The molecule has 0 amide bonds. The van der Waals surface area contributed by atoms with Crippen LogP contribution in [0.1, 0.15) is 6.42 Å². The van der Waals surface area contributed by atoms with E-state index >= 15 is 0 Å². The summed E-state index contributed by atoms with van der Waals surface area (Å²) in [4.78, 5) is 10.9. The molecule has 1 aliphatic heterocycles. The molecular formula is C16H20N4O2S. The summed E-state index contributed by atoms with van der Waals surface area (Å²) in [6, 6.07) is 5.82. The van der Waals surface area contributed by atoms with Crippen LogP contribution in [0.3, 0.4) is 0 Å². The topological polar surface area (TPSA) is 79.2 Å². The zero-order valence-electron chi connectivity index (χ0n) is 13.3. The number of ether oxygens (including phenoxy) is 1. The van der Waals surface area contributed by atoms with Gasteiger partial charge < -0.3 is 9.64 Å². The third kappa shape index (κ3) is 3.44. The van der Waals surface area contributed by atoms with E-state index in [2.05, 4.69) is 20.9 Å². The van der Waals surface area contributed by atoms with Crippen molar-refractivity contribution in [2.24, 2.45) is 0 Å². The molecule has 0 radical (unpaired) electrons. The quantitative estimate of drug-likeness (QED) is 0.870. The number of hydrogen-bond donors (Lipinski definition) is 1. The molecule has 7 heteroatoms. The SMILES string of the molecule is COc1cccc2c(N3CC=C(CS(C)(=N)=O)CC3)ncnc12. The molecule has 1 unspecified atom stereocenters. The normalized spacial score (nSPS) is 17.7. The van der Waals surface area contributed by atoms with Gasteiger partial charge in [0.25, 0.3) is 0 Å². The first-order valence-corrected chi connectivity index (χ1v) is 9.53. The summed E-state index contributed by atoms with van der Waals surface area (Å²) < 4.78 is 24.6. The number of para-hydroxylation sites is 1. The Morgan fingerprint density at radius 1 is 1.39 bits per heavy atom. The standard InChI is InChI=1S/C16H20N4O2S/c1-22-14-5-3-4-13-15(14)18-11-19-16(13)20-8-6-12(7-9-20)10-23(2,17)21/h3-6,11,17H,7-10H2,1-2H3. The zero-order chi connectivity index (χ0) is 16.4. The van der Waals surface area contributed by atoms with Crippen LogP contribution in [-0.2, 0) is 9.73 Å². The van der Waals surface area contributed by atoms with Crippen LogP contribution < -0.4 is 9.64 Å². The van der Waals surface area contributed by atoms with Gasteiger partial charge in [-0.3, -0.25) is 4.78 Å². The second-order valence-corrected chi connectivity index (χ2v) is 8.06. The van der Waals surface area contributed by atoms with Gasteiger partial charge in [0.05, 0.1) is 12.9 Å². The van der Waals surface area contributed by atoms with Gasteiger partial charge in [-0.2, -0.15) is 0 Å². The van der Waals surface area contributed by atoms with Crippen molar-refractivity contribution in [2.75, 3.05) is 37.1 Å². The lowest BCUT2D eigenvalue weighted by Gasteiger charge is -2.28. The van der Waals surface area contributed by atoms with Crippen molar-refractivity contribution in [2.45, 2.75) is 6.42 Å². The molecule has 1 aromatic carbocycles. The fourth-order valence-electron chi connectivity index (χ4n) is 2.85. The lowest BCUT2D eigenvalue weighted by atomic mass is 10.1. The molecule has 3 rings (SSSR count). The van der Waals surface area contributed by atoms with Gasteiger partial charge in [0.15, 0.2) is 0 Å². The van der Waals surface area contributed by atoms with E-state index in [-0.39, 0.29) is 0 Å². The van der Waals surface area contributed by atoms with Crippen molar-refractivity contribution >= 4 is 26.4 Å². The van der Waals surface area contributed by atoms with Crippen molar-refractivity contribution in [1.29, 1.82) is 4.78 Å². The Bertz CT molecular complexity index is 862. The van der Waals surface area contributed by atoms with Gasteiger partial charge in [0, 0.05) is 34.5 Å². The maximum absolute atomic E-state index is 11.6. The van der Waals surface area contributed by atoms with E-state index in [9.17, 15) is 4.21 Å². The molecule has 1 aromatic heterocycles. The first kappa shape index (κ1) is 15.7. The van der Waals surface area contributed by atoms with Gasteiger partial charge in [0.2, 0.25) is 0 Å². The first-order chi connectivity index (χ1) is 11.0. The minimum absolute atomic E-state index is 0.360. The number of benzene rings is 1. The van der Waals surface area contributed by atoms with Crippen LogP contribution in [0, 0.1) is 4.78 Å². The second kappa shape index (κ2) is 6.16. The van der Waals surface area contributed by atoms with Crippen LogP contribution in [0.4, 0.5) is 5.82 Å². The number of nitrogens with zero attached hydrogens (tertiary/aromatic N) is 3. The maximum atomic E-state index is 11.6. The number of anilines is 1. The molecule has 0 bridgehead atoms. The monoisotopic (exact) mass is 332 g/mol. The van der Waals surface area contributed by atoms with Crippen LogP contribution in [0.25, 0.3) is 10.9 Å². The van der Waals surface area contributed by atoms with Crippen LogP contribution in [0.5, 0.6) is 5.75 Å². The molecule has 1 aliphatic rings. The van der Waals surface area contributed by atoms with E-state index in [1.54, 1.807) is 13.4 Å². The van der Waals surface area contributed by atoms with Crippen LogP contribution >= 0.6 is 0 Å². The Balaban J connectivity index is 1.91. The minimum atomic E-state index is -2.48. The predicted octanol–water partition coefficient (Wildman–Crippen LogP) is 2.45. The Morgan fingerprint density at radius 3 is 2.87 bits per heavy atom. The number of aromatic nitrogens is 2. The van der Waals surface area contributed by atoms with E-state index in [0.29, 0.717) is 12.3 Å². The molecule has 0 saturated carbocycles. The third-order valence-corrected chi connectivity index (χ3v) is 4.81. The summed E-state index contributed by atoms with van der Waals surface area (Å²) in [5.74, 6) is 1.98. The Labute approximate surface area is 136 Å². The lowest BCUT2D eigenvalue weighted by Crippen LogP contribution is -2.30. The van der Waals surface area contributed by atoms with Crippen molar-refractivity contribution < 1.29 is 8.95 Å². The highest BCUT2D eigenvalue weighted by Gasteiger charge is 2.18. The van der Waals surface area contributed by atoms with Crippen LogP contribution in [0.2, 0.25) is 0 Å². The molecule has 0 spiro atoms. The van der Waals surface area contributed by atoms with Crippen LogP contribution in [0.15, 0.2) is 36.2 Å².